The van der Waals surface area contributed by atoms with Crippen LogP contribution in [0.1, 0.15) is 16.8 Å². The van der Waals surface area contributed by atoms with Crippen LogP contribution in [-0.2, 0) is 4.79 Å². The van der Waals surface area contributed by atoms with Gasteiger partial charge in [-0.2, -0.15) is 0 Å². The summed E-state index contributed by atoms with van der Waals surface area (Å²) in [7, 11) is 1.47. The summed E-state index contributed by atoms with van der Waals surface area (Å²) in [5, 5.41) is -0.362. The van der Waals surface area contributed by atoms with E-state index in [4.69, 9.17) is 4.74 Å². The highest BCUT2D eigenvalue weighted by atomic mass is 32.2. The Bertz CT molecular complexity index is 513. The van der Waals surface area contributed by atoms with Crippen molar-refractivity contribution in [1.29, 1.82) is 0 Å². The minimum Gasteiger partial charge on any atom is -0.496 e. The first-order valence-corrected chi connectivity index (χ1v) is 6.75. The van der Waals surface area contributed by atoms with E-state index in [0.29, 0.717) is 17.1 Å². The number of Topliss-reactive ketones (excluding diaryl/α,β-unsaturated/α-hetero) is 1. The molecule has 0 radical (unpaired) electrons. The maximum Gasteiger partial charge on any atom is 0.288 e. The number of carbonyl (C=O) groups is 3. The fourth-order valence-corrected chi connectivity index (χ4v) is 2.57. The van der Waals surface area contributed by atoms with Crippen molar-refractivity contribution in [3.05, 3.63) is 29.8 Å². The molecule has 0 aromatic heterocycles. The fourth-order valence-electron chi connectivity index (χ4n) is 1.80. The van der Waals surface area contributed by atoms with E-state index in [0.717, 1.165) is 16.7 Å². The standard InChI is InChI=1S/C13H13NO4S/c1-18-11-5-3-2-4-9(11)10(15)8-14-12(16)6-7-19-13(14)17/h2-5H,6-8H2,1H3. The van der Waals surface area contributed by atoms with E-state index in [2.05, 4.69) is 0 Å². The van der Waals surface area contributed by atoms with Crippen LogP contribution in [0.4, 0.5) is 4.79 Å². The lowest BCUT2D eigenvalue weighted by Gasteiger charge is -2.23. The first-order valence-electron chi connectivity index (χ1n) is 5.77. The molecule has 1 aliphatic heterocycles. The lowest BCUT2D eigenvalue weighted by molar-refractivity contribution is -0.127. The van der Waals surface area contributed by atoms with Gasteiger partial charge in [0.15, 0.2) is 5.78 Å². The first kappa shape index (κ1) is 13.6. The number of nitrogens with zero attached hydrogens (tertiary/aromatic N) is 1. The Hall–Kier alpha value is -1.82. The van der Waals surface area contributed by atoms with Gasteiger partial charge in [0.05, 0.1) is 19.2 Å². The largest absolute Gasteiger partial charge is 0.496 e. The number of ether oxygens (including phenoxy) is 1. The van der Waals surface area contributed by atoms with Crippen LogP contribution in [0, 0.1) is 0 Å². The SMILES string of the molecule is COc1ccccc1C(=O)CN1C(=O)CCSC1=O. The third-order valence-electron chi connectivity index (χ3n) is 2.77. The molecule has 1 aliphatic rings. The molecule has 100 valence electrons. The Labute approximate surface area is 114 Å². The number of amides is 2. The molecule has 0 aliphatic carbocycles. The number of benzene rings is 1. The number of para-hydroxylation sites is 1. The first-order chi connectivity index (χ1) is 9.13. The maximum absolute atomic E-state index is 12.1. The van der Waals surface area contributed by atoms with Crippen molar-refractivity contribution in [2.75, 3.05) is 19.4 Å². The average Bonchev–Trinajstić information content (AvgIpc) is 2.42. The third kappa shape index (κ3) is 2.96. The van der Waals surface area contributed by atoms with E-state index in [1.54, 1.807) is 24.3 Å². The van der Waals surface area contributed by atoms with Crippen molar-refractivity contribution in [1.82, 2.24) is 4.90 Å². The van der Waals surface area contributed by atoms with E-state index in [9.17, 15) is 14.4 Å². The fraction of sp³-hybridized carbons (Fsp3) is 0.308. The van der Waals surface area contributed by atoms with E-state index in [-0.39, 0.29) is 29.9 Å². The normalized spacial score (nSPS) is 15.5. The summed E-state index contributed by atoms with van der Waals surface area (Å²) in [5.41, 5.74) is 0.376. The van der Waals surface area contributed by atoms with Gasteiger partial charge in [-0.1, -0.05) is 23.9 Å². The molecule has 0 unspecified atom stereocenters. The summed E-state index contributed by atoms with van der Waals surface area (Å²) in [6, 6.07) is 6.75. The predicted molar refractivity (Wildman–Crippen MR) is 71.5 cm³/mol. The van der Waals surface area contributed by atoms with Gasteiger partial charge in [0.2, 0.25) is 5.91 Å². The molecule has 1 aromatic carbocycles. The molecule has 0 atom stereocenters. The number of hydrogen-bond donors (Lipinski definition) is 0. The third-order valence-corrected chi connectivity index (χ3v) is 3.65. The van der Waals surface area contributed by atoms with Crippen molar-refractivity contribution in [3.63, 3.8) is 0 Å². The Kier molecular flexibility index (Phi) is 4.21. The molecule has 0 spiro atoms. The van der Waals surface area contributed by atoms with E-state index in [1.807, 2.05) is 0 Å². The molecular weight excluding hydrogens is 266 g/mol. The number of imide groups is 1. The van der Waals surface area contributed by atoms with Crippen LogP contribution in [0.2, 0.25) is 0 Å². The average molecular weight is 279 g/mol. The molecule has 0 bridgehead atoms. The van der Waals surface area contributed by atoms with E-state index in [1.165, 1.54) is 7.11 Å². The number of ketones is 1. The highest BCUT2D eigenvalue weighted by Crippen LogP contribution is 2.21. The van der Waals surface area contributed by atoms with Crippen LogP contribution in [0.15, 0.2) is 24.3 Å². The summed E-state index contributed by atoms with van der Waals surface area (Å²) >= 11 is 1.06. The molecule has 2 rings (SSSR count). The molecule has 0 N–H and O–H groups in total. The highest BCUT2D eigenvalue weighted by molar-refractivity contribution is 8.13. The van der Waals surface area contributed by atoms with Gasteiger partial charge in [-0.05, 0) is 12.1 Å². The number of rotatable bonds is 4. The number of methoxy groups -OCH3 is 1. The second-order valence-corrected chi connectivity index (χ2v) is 5.01. The van der Waals surface area contributed by atoms with Crippen LogP contribution in [0.25, 0.3) is 0 Å². The molecule has 6 heteroatoms. The van der Waals surface area contributed by atoms with Gasteiger partial charge in [-0.15, -0.1) is 0 Å². The molecule has 19 heavy (non-hydrogen) atoms. The van der Waals surface area contributed by atoms with Crippen LogP contribution >= 0.6 is 11.8 Å². The summed E-state index contributed by atoms with van der Waals surface area (Å²) in [6.45, 7) is -0.231. The van der Waals surface area contributed by atoms with Crippen LogP contribution in [0.3, 0.4) is 0 Å². The zero-order valence-corrected chi connectivity index (χ0v) is 11.2. The maximum atomic E-state index is 12.1. The van der Waals surface area contributed by atoms with Gasteiger partial charge in [0, 0.05) is 12.2 Å². The summed E-state index contributed by atoms with van der Waals surface area (Å²) in [4.78, 5) is 36.4. The Morgan fingerprint density at radius 1 is 1.37 bits per heavy atom. The smallest absolute Gasteiger partial charge is 0.288 e. The highest BCUT2D eigenvalue weighted by Gasteiger charge is 2.29. The van der Waals surface area contributed by atoms with Crippen LogP contribution in [0.5, 0.6) is 5.75 Å². The van der Waals surface area contributed by atoms with Crippen LogP contribution in [-0.4, -0.2) is 41.2 Å². The Morgan fingerprint density at radius 2 is 2.11 bits per heavy atom. The lowest BCUT2D eigenvalue weighted by Crippen LogP contribution is -2.41. The molecule has 1 aromatic rings. The van der Waals surface area contributed by atoms with Gasteiger partial charge in [0.25, 0.3) is 5.24 Å². The van der Waals surface area contributed by atoms with Crippen LogP contribution < -0.4 is 4.74 Å². The van der Waals surface area contributed by atoms with Gasteiger partial charge in [-0.3, -0.25) is 19.3 Å². The topological polar surface area (TPSA) is 63.7 Å². The van der Waals surface area contributed by atoms with Crippen molar-refractivity contribution in [2.45, 2.75) is 6.42 Å². The minimum atomic E-state index is -0.362. The van der Waals surface area contributed by atoms with Crippen molar-refractivity contribution in [3.8, 4) is 5.75 Å². The summed E-state index contributed by atoms with van der Waals surface area (Å²) < 4.78 is 5.09. The number of hydrogen-bond acceptors (Lipinski definition) is 5. The summed E-state index contributed by atoms with van der Waals surface area (Å²) in [5.74, 6) is 0.322. The quantitative estimate of drug-likeness (QED) is 0.788. The lowest BCUT2D eigenvalue weighted by atomic mass is 10.1. The van der Waals surface area contributed by atoms with Gasteiger partial charge < -0.3 is 4.74 Å². The van der Waals surface area contributed by atoms with Gasteiger partial charge in [0.1, 0.15) is 5.75 Å². The van der Waals surface area contributed by atoms with Crippen molar-refractivity contribution >= 4 is 28.7 Å². The molecular formula is C13H13NO4S. The number of thioether (sulfide) groups is 1. The Morgan fingerprint density at radius 3 is 2.79 bits per heavy atom. The minimum absolute atomic E-state index is 0.231. The van der Waals surface area contributed by atoms with E-state index < -0.39 is 0 Å². The molecule has 1 heterocycles. The predicted octanol–water partition coefficient (Wildman–Crippen LogP) is 1.96. The van der Waals surface area contributed by atoms with Crippen molar-refractivity contribution in [2.24, 2.45) is 0 Å². The van der Waals surface area contributed by atoms with E-state index >= 15 is 0 Å². The zero-order valence-electron chi connectivity index (χ0n) is 10.4. The Balaban J connectivity index is 2.16. The molecule has 1 fully saturated rings. The number of carbonyl (C=O) groups excluding carboxylic acids is 3. The second kappa shape index (κ2) is 5.88. The summed E-state index contributed by atoms with van der Waals surface area (Å²) in [6.07, 6.45) is 0.287. The molecule has 5 nitrogen and oxygen atoms in total. The molecule has 2 amide bonds. The monoisotopic (exact) mass is 279 g/mol. The molecule has 0 saturated carbocycles. The van der Waals surface area contributed by atoms with Gasteiger partial charge >= 0.3 is 0 Å². The molecule has 1 saturated heterocycles. The van der Waals surface area contributed by atoms with Crippen molar-refractivity contribution < 1.29 is 19.1 Å². The van der Waals surface area contributed by atoms with Gasteiger partial charge in [-0.25, -0.2) is 0 Å². The second-order valence-electron chi connectivity index (χ2n) is 3.97. The zero-order chi connectivity index (χ0) is 13.8.